The maximum atomic E-state index is 13.7. The molecule has 4 N–H and O–H groups in total. The third kappa shape index (κ3) is 3.18. The number of nitrogens with one attached hydrogen (secondary N) is 2. The van der Waals surface area contributed by atoms with E-state index in [1.54, 1.807) is 6.20 Å². The molecule has 2 rings (SSSR count). The molecule has 1 aromatic carbocycles. The molecule has 5 nitrogen and oxygen atoms in total. The lowest BCUT2D eigenvalue weighted by Gasteiger charge is -2.03. The molecular weight excluding hydrogens is 247 g/mol. The fourth-order valence-electron chi connectivity index (χ4n) is 1.42. The molecule has 1 amide bonds. The zero-order valence-electron chi connectivity index (χ0n) is 9.90. The van der Waals surface area contributed by atoms with Gasteiger partial charge < -0.3 is 10.7 Å². The lowest BCUT2D eigenvalue weighted by atomic mass is 10.1. The quantitative estimate of drug-likeness (QED) is 0.705. The van der Waals surface area contributed by atoms with E-state index < -0.39 is 11.7 Å². The van der Waals surface area contributed by atoms with Gasteiger partial charge in [0.05, 0.1) is 12.1 Å². The molecule has 19 heavy (non-hydrogen) atoms. The number of amides is 1. The van der Waals surface area contributed by atoms with Crippen molar-refractivity contribution in [1.29, 1.82) is 0 Å². The highest BCUT2D eigenvalue weighted by Crippen LogP contribution is 2.11. The van der Waals surface area contributed by atoms with E-state index in [-0.39, 0.29) is 17.7 Å². The highest BCUT2D eigenvalue weighted by atomic mass is 19.1. The first kappa shape index (κ1) is 12.8. The van der Waals surface area contributed by atoms with Crippen molar-refractivity contribution >= 4 is 11.9 Å². The van der Waals surface area contributed by atoms with Crippen LogP contribution < -0.4 is 11.1 Å². The molecule has 0 aliphatic heterocycles. The van der Waals surface area contributed by atoms with E-state index in [4.69, 9.17) is 5.73 Å². The Labute approximate surface area is 109 Å². The zero-order valence-corrected chi connectivity index (χ0v) is 9.90. The van der Waals surface area contributed by atoms with Crippen molar-refractivity contribution in [2.45, 2.75) is 0 Å². The third-order valence-corrected chi connectivity index (χ3v) is 2.29. The number of H-pyrrole nitrogens is 1. The van der Waals surface area contributed by atoms with Gasteiger partial charge >= 0.3 is 0 Å². The molecule has 6 heteroatoms. The van der Waals surface area contributed by atoms with Gasteiger partial charge in [-0.3, -0.25) is 10.1 Å². The minimum absolute atomic E-state index is 0.153. The Morgan fingerprint density at radius 1 is 1.53 bits per heavy atom. The van der Waals surface area contributed by atoms with Gasteiger partial charge in [0, 0.05) is 18.0 Å². The predicted octanol–water partition coefficient (Wildman–Crippen LogP) is 1.11. The Morgan fingerprint density at radius 2 is 2.37 bits per heavy atom. The van der Waals surface area contributed by atoms with Crippen LogP contribution in [-0.2, 0) is 0 Å². The average molecular weight is 258 g/mol. The van der Waals surface area contributed by atoms with Crippen molar-refractivity contribution in [3.8, 4) is 11.8 Å². The SMILES string of the molecule is NCC#Cc1ccc(C(=O)Nc2ncc[nH]2)cc1F. The number of carbonyl (C=O) groups is 1. The first-order chi connectivity index (χ1) is 9.20. The second-order valence-corrected chi connectivity index (χ2v) is 3.59. The molecular formula is C13H11FN4O. The molecule has 96 valence electrons. The number of nitrogens with zero attached hydrogens (tertiary/aromatic N) is 1. The predicted molar refractivity (Wildman–Crippen MR) is 68.9 cm³/mol. The Bertz CT molecular complexity index is 640. The normalized spacial score (nSPS) is 9.58. The number of hydrogen-bond donors (Lipinski definition) is 3. The number of benzene rings is 1. The summed E-state index contributed by atoms with van der Waals surface area (Å²) in [6.07, 6.45) is 3.07. The molecule has 0 aliphatic carbocycles. The largest absolute Gasteiger partial charge is 0.331 e. The number of carbonyl (C=O) groups excluding carboxylic acids is 1. The molecule has 0 bridgehead atoms. The van der Waals surface area contributed by atoms with Crippen LogP contribution in [-0.4, -0.2) is 22.4 Å². The summed E-state index contributed by atoms with van der Waals surface area (Å²) in [5, 5.41) is 2.50. The van der Waals surface area contributed by atoms with Gasteiger partial charge in [-0.05, 0) is 18.2 Å². The van der Waals surface area contributed by atoms with Crippen molar-refractivity contribution in [1.82, 2.24) is 9.97 Å². The molecule has 0 unspecified atom stereocenters. The number of rotatable bonds is 2. The molecule has 0 atom stereocenters. The Balaban J connectivity index is 2.17. The fourth-order valence-corrected chi connectivity index (χ4v) is 1.42. The molecule has 0 radical (unpaired) electrons. The lowest BCUT2D eigenvalue weighted by Crippen LogP contribution is -2.13. The average Bonchev–Trinajstić information content (AvgIpc) is 2.90. The van der Waals surface area contributed by atoms with Crippen LogP contribution in [0, 0.1) is 17.7 Å². The van der Waals surface area contributed by atoms with Gasteiger partial charge in [0.2, 0.25) is 5.95 Å². The van der Waals surface area contributed by atoms with E-state index >= 15 is 0 Å². The van der Waals surface area contributed by atoms with Crippen LogP contribution in [0.25, 0.3) is 0 Å². The van der Waals surface area contributed by atoms with E-state index in [1.165, 1.54) is 18.3 Å². The maximum Gasteiger partial charge on any atom is 0.258 e. The van der Waals surface area contributed by atoms with Crippen molar-refractivity contribution in [3.05, 3.63) is 47.5 Å². The zero-order chi connectivity index (χ0) is 13.7. The van der Waals surface area contributed by atoms with E-state index in [9.17, 15) is 9.18 Å². The minimum Gasteiger partial charge on any atom is -0.331 e. The van der Waals surface area contributed by atoms with Crippen LogP contribution in [0.3, 0.4) is 0 Å². The Kier molecular flexibility index (Phi) is 3.90. The van der Waals surface area contributed by atoms with Gasteiger partial charge in [0.15, 0.2) is 0 Å². The number of imidazole rings is 1. The van der Waals surface area contributed by atoms with E-state index in [0.717, 1.165) is 6.07 Å². The van der Waals surface area contributed by atoms with Crippen molar-refractivity contribution in [2.24, 2.45) is 5.73 Å². The molecule has 0 fully saturated rings. The summed E-state index contributed by atoms with van der Waals surface area (Å²) in [7, 11) is 0. The van der Waals surface area contributed by atoms with Gasteiger partial charge in [0.25, 0.3) is 5.91 Å². The molecule has 0 spiro atoms. The van der Waals surface area contributed by atoms with Gasteiger partial charge in [0.1, 0.15) is 5.82 Å². The number of halogens is 1. The number of anilines is 1. The number of hydrogen-bond acceptors (Lipinski definition) is 3. The van der Waals surface area contributed by atoms with Gasteiger partial charge in [-0.1, -0.05) is 11.8 Å². The summed E-state index contributed by atoms with van der Waals surface area (Å²) in [5.41, 5.74) is 5.61. The van der Waals surface area contributed by atoms with Crippen LogP contribution in [0.1, 0.15) is 15.9 Å². The van der Waals surface area contributed by atoms with Gasteiger partial charge in [-0.15, -0.1) is 0 Å². The van der Waals surface area contributed by atoms with Crippen molar-refractivity contribution in [2.75, 3.05) is 11.9 Å². The fraction of sp³-hybridized carbons (Fsp3) is 0.0769. The van der Waals surface area contributed by atoms with E-state index in [2.05, 4.69) is 27.1 Å². The third-order valence-electron chi connectivity index (χ3n) is 2.29. The minimum atomic E-state index is -0.562. The van der Waals surface area contributed by atoms with Crippen molar-refractivity contribution < 1.29 is 9.18 Å². The van der Waals surface area contributed by atoms with Crippen LogP contribution in [0.15, 0.2) is 30.6 Å². The lowest BCUT2D eigenvalue weighted by molar-refractivity contribution is 0.102. The van der Waals surface area contributed by atoms with Crippen LogP contribution in [0.2, 0.25) is 0 Å². The summed E-state index contributed by atoms with van der Waals surface area (Å²) in [6.45, 7) is 0.153. The van der Waals surface area contributed by atoms with Crippen molar-refractivity contribution in [3.63, 3.8) is 0 Å². The van der Waals surface area contributed by atoms with Gasteiger partial charge in [-0.2, -0.15) is 0 Å². The second-order valence-electron chi connectivity index (χ2n) is 3.59. The van der Waals surface area contributed by atoms with E-state index in [1.807, 2.05) is 0 Å². The second kappa shape index (κ2) is 5.80. The molecule has 1 heterocycles. The molecule has 0 aliphatic rings. The maximum absolute atomic E-state index is 13.7. The van der Waals surface area contributed by atoms with E-state index in [0.29, 0.717) is 5.95 Å². The summed E-state index contributed by atoms with van der Waals surface area (Å²) in [4.78, 5) is 18.4. The summed E-state index contributed by atoms with van der Waals surface area (Å²) >= 11 is 0. The van der Waals surface area contributed by atoms with Crippen LogP contribution >= 0.6 is 0 Å². The topological polar surface area (TPSA) is 83.8 Å². The monoisotopic (exact) mass is 258 g/mol. The highest BCUT2D eigenvalue weighted by molar-refractivity contribution is 6.03. The molecule has 0 saturated heterocycles. The van der Waals surface area contributed by atoms with Crippen LogP contribution in [0.4, 0.5) is 10.3 Å². The number of nitrogens with two attached hydrogens (primary N) is 1. The van der Waals surface area contributed by atoms with Crippen LogP contribution in [0.5, 0.6) is 0 Å². The smallest absolute Gasteiger partial charge is 0.258 e. The summed E-state index contributed by atoms with van der Waals surface area (Å²) < 4.78 is 13.7. The standard InChI is InChI=1S/C13H11FN4O/c14-11-8-10(4-3-9(11)2-1-5-15)12(19)18-13-16-6-7-17-13/h3-4,6-8H,5,15H2,(H2,16,17,18,19). The Hall–Kier alpha value is -2.65. The first-order valence-corrected chi connectivity index (χ1v) is 5.50. The summed E-state index contributed by atoms with van der Waals surface area (Å²) in [6, 6.07) is 4.05. The summed E-state index contributed by atoms with van der Waals surface area (Å²) in [5.74, 6) is 4.43. The van der Waals surface area contributed by atoms with Gasteiger partial charge in [-0.25, -0.2) is 9.37 Å². The number of aromatic amines is 1. The number of aromatic nitrogens is 2. The Morgan fingerprint density at radius 3 is 3.00 bits per heavy atom. The highest BCUT2D eigenvalue weighted by Gasteiger charge is 2.10. The molecule has 0 saturated carbocycles. The molecule has 2 aromatic rings. The molecule has 1 aromatic heterocycles. The first-order valence-electron chi connectivity index (χ1n) is 5.50.